The minimum absolute atomic E-state index is 0.353. The van der Waals surface area contributed by atoms with Gasteiger partial charge in [0.1, 0.15) is 11.8 Å². The Hall–Kier alpha value is -2.55. The maximum Gasteiger partial charge on any atom is 0.234 e. The lowest BCUT2D eigenvalue weighted by Gasteiger charge is -1.94. The van der Waals surface area contributed by atoms with Crippen molar-refractivity contribution in [2.45, 2.75) is 0 Å². The van der Waals surface area contributed by atoms with Gasteiger partial charge in [0.2, 0.25) is 5.43 Å². The van der Waals surface area contributed by atoms with Crippen LogP contribution in [0, 0.1) is 0 Å². The molecule has 0 atom stereocenters. The maximum absolute atomic E-state index is 11.2. The standard InChI is InChI=1S/C9H6O3.C6H6/c10-7-5-12-8-4-2-1-3-6(8)9(7)11;1-2-4-6-5-3-1/h1-5,10H;1-6H. The average Bonchev–Trinajstić information content (AvgIpc) is 2.46. The molecular weight excluding hydrogens is 228 g/mol. The second-order valence-corrected chi connectivity index (χ2v) is 3.60. The molecule has 1 N–H and O–H groups in total. The van der Waals surface area contributed by atoms with Gasteiger partial charge < -0.3 is 9.52 Å². The molecule has 0 radical (unpaired) electrons. The van der Waals surface area contributed by atoms with Crippen LogP contribution in [0.1, 0.15) is 0 Å². The van der Waals surface area contributed by atoms with E-state index in [9.17, 15) is 4.79 Å². The van der Waals surface area contributed by atoms with Gasteiger partial charge in [-0.25, -0.2) is 0 Å². The van der Waals surface area contributed by atoms with Crippen molar-refractivity contribution in [2.75, 3.05) is 0 Å². The summed E-state index contributed by atoms with van der Waals surface area (Å²) < 4.78 is 4.97. The molecule has 3 nitrogen and oxygen atoms in total. The lowest BCUT2D eigenvalue weighted by molar-refractivity contribution is 0.442. The minimum Gasteiger partial charge on any atom is -0.502 e. The summed E-state index contributed by atoms with van der Waals surface area (Å²) in [5.41, 5.74) is 0.0946. The van der Waals surface area contributed by atoms with Gasteiger partial charge in [0.05, 0.1) is 5.39 Å². The Morgan fingerprint density at radius 3 is 2.00 bits per heavy atom. The SMILES string of the molecule is O=c1c(O)coc2ccccc12.c1ccccc1. The number of fused-ring (bicyclic) bond motifs is 1. The van der Waals surface area contributed by atoms with Crippen molar-refractivity contribution >= 4 is 11.0 Å². The van der Waals surface area contributed by atoms with Gasteiger partial charge >= 0.3 is 0 Å². The molecule has 0 aliphatic carbocycles. The molecule has 0 saturated heterocycles. The number of aromatic hydroxyl groups is 1. The molecule has 0 aliphatic rings. The molecule has 3 heteroatoms. The quantitative estimate of drug-likeness (QED) is 0.656. The second kappa shape index (κ2) is 5.68. The summed E-state index contributed by atoms with van der Waals surface area (Å²) >= 11 is 0. The Bertz CT molecular complexity index is 645. The summed E-state index contributed by atoms with van der Waals surface area (Å²) in [5.74, 6) is -0.353. The van der Waals surface area contributed by atoms with E-state index in [-0.39, 0.29) is 5.75 Å². The van der Waals surface area contributed by atoms with E-state index in [2.05, 4.69) is 0 Å². The second-order valence-electron chi connectivity index (χ2n) is 3.60. The molecule has 0 aliphatic heterocycles. The van der Waals surface area contributed by atoms with Gasteiger partial charge in [-0.15, -0.1) is 0 Å². The highest BCUT2D eigenvalue weighted by atomic mass is 16.3. The summed E-state index contributed by atoms with van der Waals surface area (Å²) in [5, 5.41) is 9.41. The van der Waals surface area contributed by atoms with E-state index in [1.165, 1.54) is 0 Å². The third-order valence-electron chi connectivity index (χ3n) is 2.33. The molecule has 0 saturated carbocycles. The third-order valence-corrected chi connectivity index (χ3v) is 2.33. The van der Waals surface area contributed by atoms with Crippen molar-refractivity contribution in [1.29, 1.82) is 0 Å². The number of hydrogen-bond donors (Lipinski definition) is 1. The number of hydrogen-bond acceptors (Lipinski definition) is 3. The first-order valence-corrected chi connectivity index (χ1v) is 5.48. The molecule has 1 aromatic heterocycles. The molecule has 1 heterocycles. The number of para-hydroxylation sites is 1. The van der Waals surface area contributed by atoms with E-state index < -0.39 is 5.43 Å². The molecule has 0 amide bonds. The normalized spacial score (nSPS) is 9.56. The first-order valence-electron chi connectivity index (χ1n) is 5.48. The molecule has 90 valence electrons. The van der Waals surface area contributed by atoms with Crippen LogP contribution in [-0.2, 0) is 0 Å². The van der Waals surface area contributed by atoms with Crippen molar-refractivity contribution < 1.29 is 9.52 Å². The van der Waals surface area contributed by atoms with Crippen LogP contribution in [0.4, 0.5) is 0 Å². The van der Waals surface area contributed by atoms with Gasteiger partial charge in [-0.1, -0.05) is 48.5 Å². The summed E-state index contributed by atoms with van der Waals surface area (Å²) in [4.78, 5) is 11.2. The molecule has 3 aromatic rings. The first kappa shape index (κ1) is 11.9. The van der Waals surface area contributed by atoms with Crippen LogP contribution >= 0.6 is 0 Å². The predicted molar refractivity (Wildman–Crippen MR) is 70.6 cm³/mol. The van der Waals surface area contributed by atoms with Crippen LogP contribution in [-0.4, -0.2) is 5.11 Å². The van der Waals surface area contributed by atoms with Gasteiger partial charge in [-0.05, 0) is 12.1 Å². The molecule has 18 heavy (non-hydrogen) atoms. The van der Waals surface area contributed by atoms with Crippen LogP contribution in [0.2, 0.25) is 0 Å². The van der Waals surface area contributed by atoms with E-state index in [0.29, 0.717) is 11.0 Å². The van der Waals surface area contributed by atoms with Crippen molar-refractivity contribution in [3.63, 3.8) is 0 Å². The van der Waals surface area contributed by atoms with Crippen LogP contribution in [0.25, 0.3) is 11.0 Å². The molecular formula is C15H12O3. The van der Waals surface area contributed by atoms with Crippen molar-refractivity contribution in [2.24, 2.45) is 0 Å². The molecule has 2 aromatic carbocycles. The highest BCUT2D eigenvalue weighted by Crippen LogP contribution is 2.12. The fourth-order valence-corrected chi connectivity index (χ4v) is 1.45. The molecule has 0 spiro atoms. The molecule has 0 fully saturated rings. The van der Waals surface area contributed by atoms with Crippen molar-refractivity contribution in [1.82, 2.24) is 0 Å². The van der Waals surface area contributed by atoms with E-state index >= 15 is 0 Å². The van der Waals surface area contributed by atoms with Crippen LogP contribution in [0.3, 0.4) is 0 Å². The molecule has 0 unspecified atom stereocenters. The lowest BCUT2D eigenvalue weighted by Crippen LogP contribution is -1.98. The average molecular weight is 240 g/mol. The Labute approximate surface area is 104 Å². The van der Waals surface area contributed by atoms with E-state index in [0.717, 1.165) is 6.26 Å². The van der Waals surface area contributed by atoms with E-state index in [1.54, 1.807) is 24.3 Å². The van der Waals surface area contributed by atoms with Gasteiger partial charge in [0, 0.05) is 0 Å². The monoisotopic (exact) mass is 240 g/mol. The van der Waals surface area contributed by atoms with Crippen molar-refractivity contribution in [3.8, 4) is 5.75 Å². The van der Waals surface area contributed by atoms with Gasteiger partial charge in [0.25, 0.3) is 0 Å². The Kier molecular flexibility index (Phi) is 3.76. The topological polar surface area (TPSA) is 50.4 Å². The van der Waals surface area contributed by atoms with Crippen LogP contribution in [0.15, 0.2) is 76.1 Å². The van der Waals surface area contributed by atoms with Gasteiger partial charge in [-0.2, -0.15) is 0 Å². The van der Waals surface area contributed by atoms with Gasteiger partial charge in [0.15, 0.2) is 5.75 Å². The largest absolute Gasteiger partial charge is 0.502 e. The van der Waals surface area contributed by atoms with Crippen LogP contribution < -0.4 is 5.43 Å². The van der Waals surface area contributed by atoms with Gasteiger partial charge in [-0.3, -0.25) is 4.79 Å². The van der Waals surface area contributed by atoms with E-state index in [4.69, 9.17) is 9.52 Å². The smallest absolute Gasteiger partial charge is 0.234 e. The Balaban J connectivity index is 0.000000169. The fourth-order valence-electron chi connectivity index (χ4n) is 1.45. The molecule has 0 bridgehead atoms. The Morgan fingerprint density at radius 1 is 0.833 bits per heavy atom. The summed E-state index contributed by atoms with van der Waals surface area (Å²) in [7, 11) is 0. The number of rotatable bonds is 0. The zero-order valence-electron chi connectivity index (χ0n) is 9.61. The summed E-state index contributed by atoms with van der Waals surface area (Å²) in [6.45, 7) is 0. The van der Waals surface area contributed by atoms with Crippen molar-refractivity contribution in [3.05, 3.63) is 77.2 Å². The summed E-state index contributed by atoms with van der Waals surface area (Å²) in [6.07, 6.45) is 1.05. The van der Waals surface area contributed by atoms with Crippen LogP contribution in [0.5, 0.6) is 5.75 Å². The molecule has 3 rings (SSSR count). The maximum atomic E-state index is 11.2. The lowest BCUT2D eigenvalue weighted by atomic mass is 10.2. The zero-order chi connectivity index (χ0) is 12.8. The predicted octanol–water partition coefficient (Wildman–Crippen LogP) is 3.19. The number of benzene rings is 2. The highest BCUT2D eigenvalue weighted by Gasteiger charge is 2.02. The minimum atomic E-state index is -0.392. The Morgan fingerprint density at radius 2 is 1.39 bits per heavy atom. The van der Waals surface area contributed by atoms with E-state index in [1.807, 2.05) is 36.4 Å². The fraction of sp³-hybridized carbons (Fsp3) is 0. The summed E-state index contributed by atoms with van der Waals surface area (Å²) in [6, 6.07) is 18.8. The third kappa shape index (κ3) is 2.77. The highest BCUT2D eigenvalue weighted by molar-refractivity contribution is 5.77. The first-order chi connectivity index (χ1) is 8.79. The zero-order valence-corrected chi connectivity index (χ0v) is 9.61.